The van der Waals surface area contributed by atoms with E-state index in [4.69, 9.17) is 9.73 Å². The fourth-order valence-electron chi connectivity index (χ4n) is 9.88. The van der Waals surface area contributed by atoms with E-state index in [1.54, 1.807) is 24.3 Å². The Labute approximate surface area is 374 Å². The highest BCUT2D eigenvalue weighted by molar-refractivity contribution is 7.15. The topological polar surface area (TPSA) is 102 Å². The largest absolute Gasteiger partial charge is 0.508 e. The molecule has 4 aliphatic rings. The Hall–Kier alpha value is -5.96. The molecule has 0 bridgehead atoms. The molecule has 0 saturated carbocycles. The summed E-state index contributed by atoms with van der Waals surface area (Å²) in [4.78, 5) is 13.5. The molecule has 4 aromatic carbocycles. The number of nitrogens with zero attached hydrogens (tertiary/aromatic N) is 7. The lowest BCUT2D eigenvalue weighted by Crippen LogP contribution is -2.55. The maximum Gasteiger partial charge on any atom is 0.162 e. The molecule has 6 aromatic rings. The molecule has 0 amide bonds. The molecule has 64 heavy (non-hydrogen) atoms. The summed E-state index contributed by atoms with van der Waals surface area (Å²) in [7, 11) is 0. The van der Waals surface area contributed by atoms with Gasteiger partial charge in [-0.25, -0.2) is 13.2 Å². The number of benzene rings is 4. The van der Waals surface area contributed by atoms with Gasteiger partial charge in [0.15, 0.2) is 5.82 Å². The molecule has 0 aliphatic carbocycles. The van der Waals surface area contributed by atoms with Gasteiger partial charge in [-0.15, -0.1) is 21.5 Å². The Balaban J connectivity index is 0.772. The molecule has 0 spiro atoms. The third-order valence-corrected chi connectivity index (χ3v) is 14.8. The van der Waals surface area contributed by atoms with Crippen LogP contribution in [0.25, 0.3) is 16.1 Å². The number of aromatic nitrogens is 3. The number of fused-ring (bicyclic) bond motifs is 4. The van der Waals surface area contributed by atoms with Crippen molar-refractivity contribution in [2.45, 2.75) is 65.2 Å². The first-order valence-electron chi connectivity index (χ1n) is 21.9. The highest BCUT2D eigenvalue weighted by atomic mass is 32.1. The summed E-state index contributed by atoms with van der Waals surface area (Å²) in [5.74, 6) is -0.880. The van der Waals surface area contributed by atoms with Crippen LogP contribution in [-0.4, -0.2) is 87.0 Å². The second kappa shape index (κ2) is 16.2. The molecule has 10 nitrogen and oxygen atoms in total. The third-order valence-electron chi connectivity index (χ3n) is 13.6. The number of allylic oxidation sites excluding steroid dienone is 1. The second-order valence-corrected chi connectivity index (χ2v) is 18.8. The minimum atomic E-state index is -1.03. The fraction of sp³-hybridized carbons (Fsp3) is 0.340. The molecule has 330 valence electrons. The van der Waals surface area contributed by atoms with Crippen molar-refractivity contribution in [3.05, 3.63) is 146 Å². The van der Waals surface area contributed by atoms with E-state index in [1.165, 1.54) is 22.6 Å². The summed E-state index contributed by atoms with van der Waals surface area (Å²) in [5.41, 5.74) is 7.37. The molecule has 2 aromatic heterocycles. The van der Waals surface area contributed by atoms with Crippen molar-refractivity contribution in [3.8, 4) is 16.5 Å². The minimum absolute atomic E-state index is 0.00986. The van der Waals surface area contributed by atoms with Gasteiger partial charge in [-0.1, -0.05) is 24.3 Å². The summed E-state index contributed by atoms with van der Waals surface area (Å²) in [5, 5.41) is 32.0. The zero-order valence-electron chi connectivity index (χ0n) is 36.5. The monoisotopic (exact) mass is 885 g/mol. The molecular formula is C50H50F3N7O3S. The first kappa shape index (κ1) is 42.0. The number of thiophene rings is 1. The van der Waals surface area contributed by atoms with Crippen LogP contribution in [0.3, 0.4) is 0 Å². The summed E-state index contributed by atoms with van der Waals surface area (Å²) in [6.45, 7) is 15.4. The average Bonchev–Trinajstić information content (AvgIpc) is 3.77. The first-order chi connectivity index (χ1) is 30.7. The third kappa shape index (κ3) is 7.44. The van der Waals surface area contributed by atoms with E-state index in [0.29, 0.717) is 54.0 Å². The highest BCUT2D eigenvalue weighted by Gasteiger charge is 2.37. The standard InChI is InChI=1S/C50H50F3N7O3S/c1-28-31(4)64-49-44(28)46(54-30(3)48-56-55-32(5)60(48)49)33-6-10-36(11-7-33)58-18-16-50(62,17-19-58)27-57-20-22-59(23-21-57)37-12-8-34(9-13-37)47-43(45-40(52)24-35(51)25-41(45)53)29(2)39-26-38(61)14-15-42(39)63-47/h6-15,24-26,30,47,61-62H,16-23,27H2,1-5H3/t30-,47?/m0/s1. The number of aryl methyl sites for hydroxylation is 2. The number of aliphatic hydroxyl groups is 1. The van der Waals surface area contributed by atoms with Crippen LogP contribution in [0.2, 0.25) is 0 Å². The van der Waals surface area contributed by atoms with Crippen LogP contribution >= 0.6 is 11.3 Å². The minimum Gasteiger partial charge on any atom is -0.508 e. The molecule has 6 heterocycles. The van der Waals surface area contributed by atoms with Crippen LogP contribution in [0.5, 0.6) is 11.5 Å². The predicted octanol–water partition coefficient (Wildman–Crippen LogP) is 9.51. The molecule has 0 radical (unpaired) electrons. The second-order valence-electron chi connectivity index (χ2n) is 17.6. The van der Waals surface area contributed by atoms with Gasteiger partial charge in [0, 0.05) is 96.5 Å². The van der Waals surface area contributed by atoms with Crippen LogP contribution in [0.4, 0.5) is 24.5 Å². The normalized spacial score (nSPS) is 19.7. The quantitative estimate of drug-likeness (QED) is 0.164. The van der Waals surface area contributed by atoms with Crippen LogP contribution in [0.15, 0.2) is 83.9 Å². The van der Waals surface area contributed by atoms with Crippen molar-refractivity contribution in [2.24, 2.45) is 4.99 Å². The van der Waals surface area contributed by atoms with Crippen molar-refractivity contribution in [1.82, 2.24) is 19.7 Å². The van der Waals surface area contributed by atoms with Crippen molar-refractivity contribution in [1.29, 1.82) is 0 Å². The maximum absolute atomic E-state index is 15.3. The molecule has 4 aliphatic heterocycles. The number of rotatable bonds is 7. The number of β-amino-alcohol motifs (C(OH)–C–C–N with tert-alkyl or cyclic N) is 1. The Morgan fingerprint density at radius 2 is 1.42 bits per heavy atom. The van der Waals surface area contributed by atoms with Gasteiger partial charge in [0.2, 0.25) is 0 Å². The van der Waals surface area contributed by atoms with E-state index < -0.39 is 29.2 Å². The SMILES string of the molecule is CC1=C(c2c(F)cc(F)cc2F)C(c2ccc(N3CCN(CC4(O)CCN(c5ccc(C6=N[C@@H](C)c7nnc(C)n7-c7sc(C)c(C)c76)cc5)CC4)CC3)cc2)Oc2ccc(O)cc21. The number of halogens is 3. The van der Waals surface area contributed by atoms with Gasteiger partial charge in [0.05, 0.1) is 16.9 Å². The van der Waals surface area contributed by atoms with Gasteiger partial charge >= 0.3 is 0 Å². The summed E-state index contributed by atoms with van der Waals surface area (Å²) in [6.07, 6.45) is 0.465. The Morgan fingerprint density at radius 1 is 0.781 bits per heavy atom. The lowest BCUT2D eigenvalue weighted by molar-refractivity contribution is -0.0173. The Kier molecular flexibility index (Phi) is 10.7. The van der Waals surface area contributed by atoms with Crippen molar-refractivity contribution in [2.75, 3.05) is 55.6 Å². The molecule has 2 fully saturated rings. The Morgan fingerprint density at radius 3 is 2.09 bits per heavy atom. The molecule has 2 atom stereocenters. The Bertz CT molecular complexity index is 2820. The zero-order chi connectivity index (χ0) is 44.6. The number of ether oxygens (including phenoxy) is 1. The van der Waals surface area contributed by atoms with Gasteiger partial charge in [0.25, 0.3) is 0 Å². The number of piperidine rings is 1. The van der Waals surface area contributed by atoms with E-state index in [0.717, 1.165) is 84.1 Å². The van der Waals surface area contributed by atoms with Crippen molar-refractivity contribution >= 4 is 39.6 Å². The number of phenols is 1. The average molecular weight is 886 g/mol. The summed E-state index contributed by atoms with van der Waals surface area (Å²) >= 11 is 1.76. The van der Waals surface area contributed by atoms with Gasteiger partial charge in [-0.2, -0.15) is 0 Å². The van der Waals surface area contributed by atoms with E-state index in [9.17, 15) is 14.6 Å². The number of phenolic OH excluding ortho intramolecular Hbond substituents is 1. The van der Waals surface area contributed by atoms with Gasteiger partial charge in [-0.05, 0) is 107 Å². The van der Waals surface area contributed by atoms with E-state index >= 15 is 8.78 Å². The lowest BCUT2D eigenvalue weighted by Gasteiger charge is -2.44. The molecule has 14 heteroatoms. The fourth-order valence-corrected chi connectivity index (χ4v) is 11.1. The van der Waals surface area contributed by atoms with Gasteiger partial charge < -0.3 is 24.7 Å². The number of anilines is 2. The summed E-state index contributed by atoms with van der Waals surface area (Å²) < 4.78 is 53.2. The van der Waals surface area contributed by atoms with E-state index in [2.05, 4.69) is 74.5 Å². The van der Waals surface area contributed by atoms with Gasteiger partial charge in [-0.3, -0.25) is 14.5 Å². The van der Waals surface area contributed by atoms with Crippen LogP contribution < -0.4 is 14.5 Å². The maximum atomic E-state index is 15.3. The van der Waals surface area contributed by atoms with E-state index in [1.807, 2.05) is 31.2 Å². The molecule has 1 unspecified atom stereocenters. The molecular weight excluding hydrogens is 836 g/mol. The molecule has 2 N–H and O–H groups in total. The summed E-state index contributed by atoms with van der Waals surface area (Å²) in [6, 6.07) is 22.3. The van der Waals surface area contributed by atoms with Crippen LogP contribution in [0.1, 0.15) is 88.7 Å². The van der Waals surface area contributed by atoms with Crippen molar-refractivity contribution in [3.63, 3.8) is 0 Å². The van der Waals surface area contributed by atoms with Crippen LogP contribution in [0, 0.1) is 38.2 Å². The smallest absolute Gasteiger partial charge is 0.162 e. The van der Waals surface area contributed by atoms with E-state index in [-0.39, 0.29) is 22.9 Å². The number of aliphatic imine (C=N–C) groups is 1. The number of hydrogen-bond acceptors (Lipinski definition) is 10. The molecule has 10 rings (SSSR count). The highest BCUT2D eigenvalue weighted by Crippen LogP contribution is 2.49. The molecule has 2 saturated heterocycles. The number of piperazine rings is 1. The van der Waals surface area contributed by atoms with Crippen molar-refractivity contribution < 1.29 is 28.1 Å². The van der Waals surface area contributed by atoms with Crippen LogP contribution in [-0.2, 0) is 0 Å². The predicted molar refractivity (Wildman–Crippen MR) is 246 cm³/mol. The zero-order valence-corrected chi connectivity index (χ0v) is 37.3. The van der Waals surface area contributed by atoms with Gasteiger partial charge in [0.1, 0.15) is 51.9 Å². The lowest BCUT2D eigenvalue weighted by atomic mass is 9.85. The number of hydrogen-bond donors (Lipinski definition) is 2. The first-order valence-corrected chi connectivity index (χ1v) is 22.7. The number of aromatic hydroxyl groups is 1.